The molecule has 2 heterocycles. The third-order valence-corrected chi connectivity index (χ3v) is 6.46. The highest BCUT2D eigenvalue weighted by molar-refractivity contribution is 7.92. The van der Waals surface area contributed by atoms with Crippen LogP contribution in [-0.2, 0) is 16.2 Å². The molecule has 0 saturated heterocycles. The fraction of sp³-hybridized carbons (Fsp3) is 0.238. The SMILES string of the molecule is CC(C)NC1(NC(=O)c2ncc(Cl)cc2NS(=O)(=O)c2ccc(Cl)c(C(F)(F)F)c2)C=CC=CN1. The summed E-state index contributed by atoms with van der Waals surface area (Å²) in [6.07, 6.45) is 2.87. The van der Waals surface area contributed by atoms with Gasteiger partial charge in [-0.05, 0) is 56.5 Å². The van der Waals surface area contributed by atoms with Crippen molar-refractivity contribution in [2.45, 2.75) is 36.7 Å². The summed E-state index contributed by atoms with van der Waals surface area (Å²) in [6, 6.07) is 3.16. The molecule has 1 unspecified atom stereocenters. The zero-order valence-electron chi connectivity index (χ0n) is 18.2. The first-order chi connectivity index (χ1) is 16.2. The van der Waals surface area contributed by atoms with Gasteiger partial charge in [0.2, 0.25) is 0 Å². The van der Waals surface area contributed by atoms with Gasteiger partial charge in [0.05, 0.1) is 26.2 Å². The maximum Gasteiger partial charge on any atom is 0.417 e. The van der Waals surface area contributed by atoms with Crippen molar-refractivity contribution in [3.8, 4) is 0 Å². The lowest BCUT2D eigenvalue weighted by Gasteiger charge is -2.36. The van der Waals surface area contributed by atoms with Gasteiger partial charge in [0.25, 0.3) is 15.9 Å². The molecule has 3 rings (SSSR count). The first kappa shape index (κ1) is 26.8. The van der Waals surface area contributed by atoms with Gasteiger partial charge in [-0.3, -0.25) is 14.8 Å². The number of sulfonamides is 1. The molecule has 2 aromatic rings. The quantitative estimate of drug-likeness (QED) is 0.384. The van der Waals surface area contributed by atoms with E-state index in [2.05, 4.69) is 25.7 Å². The molecule has 1 atom stereocenters. The number of anilines is 1. The van der Waals surface area contributed by atoms with Gasteiger partial charge in [0.1, 0.15) is 0 Å². The third-order valence-electron chi connectivity index (χ3n) is 4.56. The second-order valence-electron chi connectivity index (χ2n) is 7.72. The highest BCUT2D eigenvalue weighted by atomic mass is 35.5. The fourth-order valence-electron chi connectivity index (χ4n) is 3.17. The number of alkyl halides is 3. The maximum absolute atomic E-state index is 13.2. The number of nitrogens with zero attached hydrogens (tertiary/aromatic N) is 1. The van der Waals surface area contributed by atoms with Gasteiger partial charge < -0.3 is 10.6 Å². The van der Waals surface area contributed by atoms with Gasteiger partial charge in [-0.25, -0.2) is 13.4 Å². The summed E-state index contributed by atoms with van der Waals surface area (Å²) in [5.74, 6) is -2.01. The lowest BCUT2D eigenvalue weighted by molar-refractivity contribution is -0.137. The van der Waals surface area contributed by atoms with Crippen LogP contribution in [0, 0.1) is 0 Å². The summed E-state index contributed by atoms with van der Waals surface area (Å²) in [5.41, 5.74) is -2.03. The molecule has 1 aromatic heterocycles. The van der Waals surface area contributed by atoms with Crippen LogP contribution in [-0.4, -0.2) is 31.1 Å². The zero-order valence-corrected chi connectivity index (χ0v) is 20.6. The molecule has 8 nitrogen and oxygen atoms in total. The minimum atomic E-state index is -4.88. The molecule has 0 spiro atoms. The topological polar surface area (TPSA) is 112 Å². The van der Waals surface area contributed by atoms with Crippen molar-refractivity contribution < 1.29 is 26.4 Å². The Balaban J connectivity index is 1.96. The number of hydrogen-bond acceptors (Lipinski definition) is 6. The standard InChI is InChI=1S/C21H20Cl2F3N5O3S/c1-12(2)29-20(7-3-4-8-28-20)30-19(32)18-17(9-13(22)11-27-18)31-35(33,34)14-5-6-16(23)15(10-14)21(24,25)26/h3-12,28-29,31H,1-2H3,(H,30,32). The van der Waals surface area contributed by atoms with E-state index in [1.165, 1.54) is 0 Å². The number of carbonyl (C=O) groups is 1. The number of pyridine rings is 1. The number of carbonyl (C=O) groups excluding carboxylic acids is 1. The molecule has 35 heavy (non-hydrogen) atoms. The predicted molar refractivity (Wildman–Crippen MR) is 126 cm³/mol. The zero-order chi connectivity index (χ0) is 26.0. The molecule has 0 radical (unpaired) electrons. The van der Waals surface area contributed by atoms with Crippen molar-refractivity contribution in [2.75, 3.05) is 4.72 Å². The molecule has 1 aliphatic heterocycles. The Morgan fingerprint density at radius 3 is 2.49 bits per heavy atom. The summed E-state index contributed by atoms with van der Waals surface area (Å²) < 4.78 is 67.6. The smallest absolute Gasteiger partial charge is 0.353 e. The number of amides is 1. The molecule has 188 valence electrons. The first-order valence-corrected chi connectivity index (χ1v) is 12.2. The average Bonchev–Trinajstić information content (AvgIpc) is 2.72. The summed E-state index contributed by atoms with van der Waals surface area (Å²) in [7, 11) is -4.60. The van der Waals surface area contributed by atoms with Crippen LogP contribution in [0.25, 0.3) is 0 Å². The van der Waals surface area contributed by atoms with Gasteiger partial charge in [-0.2, -0.15) is 13.2 Å². The van der Waals surface area contributed by atoms with E-state index in [4.69, 9.17) is 23.2 Å². The Bertz CT molecular complexity index is 1300. The number of hydrogen-bond donors (Lipinski definition) is 4. The number of halogens is 5. The molecule has 0 aliphatic carbocycles. The highest BCUT2D eigenvalue weighted by Crippen LogP contribution is 2.36. The van der Waals surface area contributed by atoms with Gasteiger partial charge in [0.15, 0.2) is 11.5 Å². The second-order valence-corrected chi connectivity index (χ2v) is 10.2. The molecular formula is C21H20Cl2F3N5O3S. The summed E-state index contributed by atoms with van der Waals surface area (Å²) in [6.45, 7) is 3.70. The van der Waals surface area contributed by atoms with Crippen LogP contribution in [0.4, 0.5) is 18.9 Å². The van der Waals surface area contributed by atoms with Crippen molar-refractivity contribution in [1.29, 1.82) is 0 Å². The predicted octanol–water partition coefficient (Wildman–Crippen LogP) is 4.26. The number of aromatic nitrogens is 1. The summed E-state index contributed by atoms with van der Waals surface area (Å²) in [4.78, 5) is 16.3. The lowest BCUT2D eigenvalue weighted by Crippen LogP contribution is -2.67. The Morgan fingerprint density at radius 2 is 1.89 bits per heavy atom. The highest BCUT2D eigenvalue weighted by Gasteiger charge is 2.35. The van der Waals surface area contributed by atoms with E-state index in [0.717, 1.165) is 24.4 Å². The van der Waals surface area contributed by atoms with Crippen LogP contribution in [0.2, 0.25) is 10.0 Å². The van der Waals surface area contributed by atoms with E-state index in [0.29, 0.717) is 6.07 Å². The molecule has 0 fully saturated rings. The largest absolute Gasteiger partial charge is 0.417 e. The van der Waals surface area contributed by atoms with Crippen molar-refractivity contribution in [2.24, 2.45) is 0 Å². The van der Waals surface area contributed by atoms with E-state index in [1.54, 1.807) is 24.4 Å². The molecule has 1 aromatic carbocycles. The number of rotatable bonds is 7. The van der Waals surface area contributed by atoms with Crippen LogP contribution < -0.4 is 20.7 Å². The van der Waals surface area contributed by atoms with Crippen LogP contribution in [0.15, 0.2) is 59.8 Å². The number of dihydropyridines is 1. The van der Waals surface area contributed by atoms with Crippen molar-refractivity contribution in [3.63, 3.8) is 0 Å². The van der Waals surface area contributed by atoms with E-state index >= 15 is 0 Å². The van der Waals surface area contributed by atoms with Gasteiger partial charge in [-0.1, -0.05) is 29.3 Å². The first-order valence-electron chi connectivity index (χ1n) is 10.00. The third kappa shape index (κ3) is 6.45. The number of benzene rings is 1. The van der Waals surface area contributed by atoms with Crippen molar-refractivity contribution in [1.82, 2.24) is 20.9 Å². The van der Waals surface area contributed by atoms with Crippen molar-refractivity contribution in [3.05, 3.63) is 76.2 Å². The van der Waals surface area contributed by atoms with Crippen LogP contribution in [0.5, 0.6) is 0 Å². The fourth-order valence-corrected chi connectivity index (χ4v) is 4.64. The van der Waals surface area contributed by atoms with E-state index in [1.807, 2.05) is 13.8 Å². The van der Waals surface area contributed by atoms with Gasteiger partial charge in [0, 0.05) is 12.2 Å². The minimum absolute atomic E-state index is 0.0139. The summed E-state index contributed by atoms with van der Waals surface area (Å²) in [5, 5.41) is 8.13. The Morgan fingerprint density at radius 1 is 1.17 bits per heavy atom. The summed E-state index contributed by atoms with van der Waals surface area (Å²) >= 11 is 11.5. The van der Waals surface area contributed by atoms with E-state index in [9.17, 15) is 26.4 Å². The number of allylic oxidation sites excluding steroid dienone is 2. The van der Waals surface area contributed by atoms with Crippen LogP contribution in [0.3, 0.4) is 0 Å². The van der Waals surface area contributed by atoms with Crippen LogP contribution >= 0.6 is 23.2 Å². The molecule has 14 heteroatoms. The van der Waals surface area contributed by atoms with E-state index < -0.39 is 43.4 Å². The molecule has 0 saturated carbocycles. The lowest BCUT2D eigenvalue weighted by atomic mass is 10.2. The monoisotopic (exact) mass is 549 g/mol. The Kier molecular flexibility index (Phi) is 7.70. The normalized spacial score (nSPS) is 17.8. The second kappa shape index (κ2) is 10.1. The Labute approximate surface area is 209 Å². The van der Waals surface area contributed by atoms with E-state index in [-0.39, 0.29) is 22.4 Å². The Hall–Kier alpha value is -2.80. The maximum atomic E-state index is 13.2. The van der Waals surface area contributed by atoms with Crippen molar-refractivity contribution >= 4 is 44.8 Å². The average molecular weight is 550 g/mol. The van der Waals surface area contributed by atoms with Gasteiger partial charge >= 0.3 is 6.18 Å². The van der Waals surface area contributed by atoms with Gasteiger partial charge in [-0.15, -0.1) is 0 Å². The van der Waals surface area contributed by atoms with Crippen LogP contribution in [0.1, 0.15) is 29.9 Å². The molecule has 1 amide bonds. The molecule has 4 N–H and O–H groups in total. The molecular weight excluding hydrogens is 530 g/mol. The minimum Gasteiger partial charge on any atom is -0.353 e. The number of nitrogens with one attached hydrogen (secondary N) is 4. The molecule has 1 aliphatic rings. The molecule has 0 bridgehead atoms.